The zero-order valence-corrected chi connectivity index (χ0v) is 15.3. The van der Waals surface area contributed by atoms with Gasteiger partial charge in [0, 0.05) is 12.1 Å². The highest BCUT2D eigenvalue weighted by Gasteiger charge is 2.16. The van der Waals surface area contributed by atoms with Gasteiger partial charge in [0.1, 0.15) is 5.75 Å². The summed E-state index contributed by atoms with van der Waals surface area (Å²) in [5, 5.41) is 11.7. The van der Waals surface area contributed by atoms with E-state index in [9.17, 15) is 4.79 Å². The van der Waals surface area contributed by atoms with Gasteiger partial charge in [0.15, 0.2) is 0 Å². The topological polar surface area (TPSA) is 62.1 Å². The first-order valence-corrected chi connectivity index (χ1v) is 9.10. The van der Waals surface area contributed by atoms with Gasteiger partial charge >= 0.3 is 0 Å². The lowest BCUT2D eigenvalue weighted by Crippen LogP contribution is -2.18. The highest BCUT2D eigenvalue weighted by molar-refractivity contribution is 5.91. The summed E-state index contributed by atoms with van der Waals surface area (Å²) in [5.74, 6) is 1.52. The van der Waals surface area contributed by atoms with Crippen LogP contribution in [-0.4, -0.2) is 13.0 Å². The number of carbonyl (C=O) groups is 1. The summed E-state index contributed by atoms with van der Waals surface area (Å²) in [4.78, 5) is 11.9. The molecule has 0 spiro atoms. The number of carbonyl (C=O) groups excluding carboxylic acids is 1. The van der Waals surface area contributed by atoms with Gasteiger partial charge in [0.2, 0.25) is 5.91 Å². The van der Waals surface area contributed by atoms with E-state index in [-0.39, 0.29) is 5.91 Å². The number of benzene rings is 2. The molecule has 0 bridgehead atoms. The maximum absolute atomic E-state index is 11.9. The first-order valence-electron chi connectivity index (χ1n) is 9.10. The third-order valence-electron chi connectivity index (χ3n) is 4.45. The van der Waals surface area contributed by atoms with Crippen LogP contribution in [0.1, 0.15) is 44.1 Å². The summed E-state index contributed by atoms with van der Waals surface area (Å²) in [5.41, 5.74) is 1.29. The minimum Gasteiger partial charge on any atom is -0.497 e. The standard InChI is InChI=1S/C15H18N2O.C7H8O/c16-11-13-7-4-8-14(9-13)17-15(18)10-12-5-2-1-3-6-12;1-8-7-5-3-2-4-6-7/h4,7-9,12H,1-3,5-6,10H2,(H,17,18);2-6H,1H3. The quantitative estimate of drug-likeness (QED) is 0.828. The van der Waals surface area contributed by atoms with Crippen molar-refractivity contribution in [1.82, 2.24) is 0 Å². The summed E-state index contributed by atoms with van der Waals surface area (Å²) < 4.78 is 4.91. The maximum Gasteiger partial charge on any atom is 0.224 e. The molecule has 2 aromatic rings. The molecular weight excluding hydrogens is 324 g/mol. The molecule has 4 nitrogen and oxygen atoms in total. The van der Waals surface area contributed by atoms with E-state index in [1.807, 2.05) is 36.4 Å². The van der Waals surface area contributed by atoms with Crippen LogP contribution in [-0.2, 0) is 4.79 Å². The normalized spacial score (nSPS) is 13.7. The van der Waals surface area contributed by atoms with E-state index in [0.717, 1.165) is 11.4 Å². The minimum atomic E-state index is 0.0667. The molecule has 1 amide bonds. The number of hydrogen-bond donors (Lipinski definition) is 1. The van der Waals surface area contributed by atoms with Crippen molar-refractivity contribution in [3.8, 4) is 11.8 Å². The molecule has 0 atom stereocenters. The number of nitrogens with one attached hydrogen (secondary N) is 1. The van der Waals surface area contributed by atoms with E-state index in [1.54, 1.807) is 25.3 Å². The number of anilines is 1. The molecule has 26 heavy (non-hydrogen) atoms. The van der Waals surface area contributed by atoms with E-state index in [0.29, 0.717) is 17.9 Å². The van der Waals surface area contributed by atoms with Crippen molar-refractivity contribution in [3.63, 3.8) is 0 Å². The second kappa shape index (κ2) is 10.9. The summed E-state index contributed by atoms with van der Waals surface area (Å²) in [6.07, 6.45) is 6.76. The van der Waals surface area contributed by atoms with Crippen molar-refractivity contribution in [2.75, 3.05) is 12.4 Å². The number of nitriles is 1. The molecule has 1 saturated carbocycles. The molecule has 136 valence electrons. The second-order valence-corrected chi connectivity index (χ2v) is 6.47. The van der Waals surface area contributed by atoms with E-state index in [1.165, 1.54) is 32.1 Å². The van der Waals surface area contributed by atoms with Crippen LogP contribution in [0.5, 0.6) is 5.75 Å². The Morgan fingerprint density at radius 1 is 1.12 bits per heavy atom. The molecular formula is C22H26N2O2. The van der Waals surface area contributed by atoms with Gasteiger partial charge in [0.05, 0.1) is 18.7 Å². The predicted molar refractivity (Wildman–Crippen MR) is 104 cm³/mol. The number of ether oxygens (including phenoxy) is 1. The fraction of sp³-hybridized carbons (Fsp3) is 0.364. The van der Waals surface area contributed by atoms with Crippen LogP contribution in [0.25, 0.3) is 0 Å². The summed E-state index contributed by atoms with van der Waals surface area (Å²) >= 11 is 0. The van der Waals surface area contributed by atoms with Crippen molar-refractivity contribution >= 4 is 11.6 Å². The minimum absolute atomic E-state index is 0.0667. The number of rotatable bonds is 4. The first-order chi connectivity index (χ1) is 12.7. The average Bonchev–Trinajstić information content (AvgIpc) is 2.70. The molecule has 3 rings (SSSR count). The summed E-state index contributed by atoms with van der Waals surface area (Å²) in [6, 6.07) is 18.8. The fourth-order valence-corrected chi connectivity index (χ4v) is 3.09. The Bertz CT molecular complexity index is 716. The monoisotopic (exact) mass is 350 g/mol. The van der Waals surface area contributed by atoms with Crippen molar-refractivity contribution in [1.29, 1.82) is 5.26 Å². The van der Waals surface area contributed by atoms with E-state index in [4.69, 9.17) is 10.00 Å². The smallest absolute Gasteiger partial charge is 0.224 e. The Balaban J connectivity index is 0.000000254. The third-order valence-corrected chi connectivity index (χ3v) is 4.45. The van der Waals surface area contributed by atoms with Gasteiger partial charge in [-0.2, -0.15) is 5.26 Å². The Labute approximate surface area is 155 Å². The molecule has 0 radical (unpaired) electrons. The van der Waals surface area contributed by atoms with Crippen LogP contribution in [0.3, 0.4) is 0 Å². The number of para-hydroxylation sites is 1. The molecule has 1 aliphatic rings. The van der Waals surface area contributed by atoms with Gasteiger partial charge in [0.25, 0.3) is 0 Å². The van der Waals surface area contributed by atoms with Gasteiger partial charge < -0.3 is 10.1 Å². The molecule has 0 heterocycles. The van der Waals surface area contributed by atoms with E-state index in [2.05, 4.69) is 11.4 Å². The van der Waals surface area contributed by atoms with Gasteiger partial charge in [-0.3, -0.25) is 4.79 Å². The highest BCUT2D eigenvalue weighted by Crippen LogP contribution is 2.26. The van der Waals surface area contributed by atoms with Crippen LogP contribution in [0.2, 0.25) is 0 Å². The second-order valence-electron chi connectivity index (χ2n) is 6.47. The van der Waals surface area contributed by atoms with Crippen LogP contribution in [0.15, 0.2) is 54.6 Å². The number of nitrogens with zero attached hydrogens (tertiary/aromatic N) is 1. The first kappa shape index (κ1) is 19.5. The lowest BCUT2D eigenvalue weighted by atomic mass is 9.87. The van der Waals surface area contributed by atoms with Crippen LogP contribution in [0.4, 0.5) is 5.69 Å². The van der Waals surface area contributed by atoms with Gasteiger partial charge in [-0.1, -0.05) is 43.5 Å². The highest BCUT2D eigenvalue weighted by atomic mass is 16.5. The zero-order chi connectivity index (χ0) is 18.6. The molecule has 0 aromatic heterocycles. The predicted octanol–water partition coefficient (Wildman–Crippen LogP) is 5.16. The summed E-state index contributed by atoms with van der Waals surface area (Å²) in [7, 11) is 1.66. The molecule has 0 aliphatic heterocycles. The van der Waals surface area contributed by atoms with Crippen molar-refractivity contribution in [2.24, 2.45) is 5.92 Å². The van der Waals surface area contributed by atoms with Crippen LogP contribution >= 0.6 is 0 Å². The Morgan fingerprint density at radius 3 is 2.46 bits per heavy atom. The average molecular weight is 350 g/mol. The molecule has 1 fully saturated rings. The number of amides is 1. The van der Waals surface area contributed by atoms with E-state index < -0.39 is 0 Å². The van der Waals surface area contributed by atoms with Crippen molar-refractivity contribution in [3.05, 3.63) is 60.2 Å². The van der Waals surface area contributed by atoms with Crippen molar-refractivity contribution < 1.29 is 9.53 Å². The van der Waals surface area contributed by atoms with Crippen LogP contribution in [0, 0.1) is 17.2 Å². The number of hydrogen-bond acceptors (Lipinski definition) is 3. The number of methoxy groups -OCH3 is 1. The molecule has 4 heteroatoms. The SMILES string of the molecule is COc1ccccc1.N#Cc1cccc(NC(=O)CC2CCCCC2)c1. The Kier molecular flexibility index (Phi) is 8.21. The van der Waals surface area contributed by atoms with Gasteiger partial charge in [-0.05, 0) is 49.1 Å². The molecule has 0 saturated heterocycles. The lowest BCUT2D eigenvalue weighted by Gasteiger charge is -2.20. The Morgan fingerprint density at radius 2 is 1.85 bits per heavy atom. The lowest BCUT2D eigenvalue weighted by molar-refractivity contribution is -0.117. The van der Waals surface area contributed by atoms with Crippen molar-refractivity contribution in [2.45, 2.75) is 38.5 Å². The maximum atomic E-state index is 11.9. The van der Waals surface area contributed by atoms with Gasteiger partial charge in [-0.25, -0.2) is 0 Å². The van der Waals surface area contributed by atoms with E-state index >= 15 is 0 Å². The van der Waals surface area contributed by atoms with Gasteiger partial charge in [-0.15, -0.1) is 0 Å². The largest absolute Gasteiger partial charge is 0.497 e. The van der Waals surface area contributed by atoms with Crippen LogP contribution < -0.4 is 10.1 Å². The molecule has 1 aliphatic carbocycles. The molecule has 2 aromatic carbocycles. The fourth-order valence-electron chi connectivity index (χ4n) is 3.09. The third kappa shape index (κ3) is 6.98. The summed E-state index contributed by atoms with van der Waals surface area (Å²) in [6.45, 7) is 0. The molecule has 1 N–H and O–H groups in total. The Hall–Kier alpha value is -2.80. The molecule has 0 unspecified atom stereocenters. The zero-order valence-electron chi connectivity index (χ0n) is 15.3.